The van der Waals surface area contributed by atoms with Gasteiger partial charge in [-0.3, -0.25) is 9.69 Å². The highest BCUT2D eigenvalue weighted by atomic mass is 19.1. The van der Waals surface area contributed by atoms with Crippen LogP contribution < -0.4 is 19.1 Å². The summed E-state index contributed by atoms with van der Waals surface area (Å²) in [5.74, 6) is -2.12. The Hall–Kier alpha value is -3.80. The molecule has 2 atom stereocenters. The summed E-state index contributed by atoms with van der Waals surface area (Å²) in [6.07, 6.45) is 1.04. The van der Waals surface area contributed by atoms with E-state index < -0.39 is 29.3 Å². The molecular formula is C28H31F3N4O5. The van der Waals surface area contributed by atoms with E-state index in [1.165, 1.54) is 19.1 Å². The molecule has 0 radical (unpaired) electrons. The first kappa shape index (κ1) is 27.8. The lowest BCUT2D eigenvalue weighted by Gasteiger charge is -2.31. The number of carbonyl (C=O) groups excluding carboxylic acids is 1. The van der Waals surface area contributed by atoms with Crippen LogP contribution >= 0.6 is 0 Å². The van der Waals surface area contributed by atoms with Gasteiger partial charge in [-0.1, -0.05) is 12.1 Å². The summed E-state index contributed by atoms with van der Waals surface area (Å²) in [4.78, 5) is 24.9. The predicted molar refractivity (Wildman–Crippen MR) is 141 cm³/mol. The number of anilines is 1. The van der Waals surface area contributed by atoms with Crippen molar-refractivity contribution in [3.05, 3.63) is 47.5 Å². The van der Waals surface area contributed by atoms with E-state index in [4.69, 9.17) is 18.9 Å². The van der Waals surface area contributed by atoms with Crippen molar-refractivity contribution in [2.45, 2.75) is 37.5 Å². The van der Waals surface area contributed by atoms with Gasteiger partial charge in [0.1, 0.15) is 36.4 Å². The van der Waals surface area contributed by atoms with Crippen LogP contribution in [0.1, 0.15) is 24.8 Å². The molecule has 2 fully saturated rings. The average molecular weight is 561 g/mol. The summed E-state index contributed by atoms with van der Waals surface area (Å²) in [6.45, 7) is 1.04. The fraction of sp³-hybridized carbons (Fsp3) is 0.464. The van der Waals surface area contributed by atoms with E-state index in [2.05, 4.69) is 14.9 Å². The van der Waals surface area contributed by atoms with Crippen molar-refractivity contribution in [2.24, 2.45) is 0 Å². The van der Waals surface area contributed by atoms with E-state index in [0.29, 0.717) is 24.8 Å². The van der Waals surface area contributed by atoms with Gasteiger partial charge in [0.2, 0.25) is 0 Å². The van der Waals surface area contributed by atoms with Gasteiger partial charge in [-0.2, -0.15) is 9.97 Å². The fourth-order valence-electron chi connectivity index (χ4n) is 5.69. The molecule has 2 aliphatic rings. The van der Waals surface area contributed by atoms with Crippen molar-refractivity contribution in [1.82, 2.24) is 14.9 Å². The summed E-state index contributed by atoms with van der Waals surface area (Å²) in [5.41, 5.74) is 0.0276. The molecule has 0 unspecified atom stereocenters. The highest BCUT2D eigenvalue weighted by molar-refractivity contribution is 5.96. The molecule has 0 N–H and O–H groups in total. The maximum absolute atomic E-state index is 15.2. The van der Waals surface area contributed by atoms with Gasteiger partial charge in [0.05, 0.1) is 32.3 Å². The van der Waals surface area contributed by atoms with Gasteiger partial charge in [0.15, 0.2) is 17.4 Å². The maximum atomic E-state index is 15.2. The quantitative estimate of drug-likeness (QED) is 0.341. The second kappa shape index (κ2) is 11.4. The number of rotatable bonds is 10. The first-order chi connectivity index (χ1) is 19.3. The van der Waals surface area contributed by atoms with Crippen LogP contribution in [0, 0.1) is 11.6 Å². The number of aromatic nitrogens is 2. The third kappa shape index (κ3) is 5.32. The molecule has 3 aromatic rings. The minimum absolute atomic E-state index is 0.0204. The number of esters is 1. The Morgan fingerprint density at radius 3 is 2.60 bits per heavy atom. The number of ether oxygens (including phenoxy) is 4. The monoisotopic (exact) mass is 560 g/mol. The van der Waals surface area contributed by atoms with Gasteiger partial charge in [0, 0.05) is 25.6 Å². The highest BCUT2D eigenvalue weighted by Gasteiger charge is 2.49. The van der Waals surface area contributed by atoms with Gasteiger partial charge in [-0.15, -0.1) is 0 Å². The van der Waals surface area contributed by atoms with Crippen LogP contribution in [-0.4, -0.2) is 80.1 Å². The number of carbonyl (C=O) groups is 1. The Labute approximate surface area is 229 Å². The van der Waals surface area contributed by atoms with Crippen molar-refractivity contribution < 1.29 is 36.9 Å². The van der Waals surface area contributed by atoms with Crippen LogP contribution in [0.5, 0.6) is 17.5 Å². The van der Waals surface area contributed by atoms with E-state index in [1.807, 2.05) is 0 Å². The molecule has 40 heavy (non-hydrogen) atoms. The number of hydrogen-bond acceptors (Lipinski definition) is 9. The number of nitrogens with zero attached hydrogens (tertiary/aromatic N) is 4. The fourth-order valence-corrected chi connectivity index (χ4v) is 5.69. The van der Waals surface area contributed by atoms with Gasteiger partial charge in [-0.25, -0.2) is 13.2 Å². The van der Waals surface area contributed by atoms with Crippen LogP contribution in [0.2, 0.25) is 0 Å². The molecule has 12 heteroatoms. The Morgan fingerprint density at radius 1 is 1.12 bits per heavy atom. The van der Waals surface area contributed by atoms with Crippen molar-refractivity contribution in [2.75, 3.05) is 52.5 Å². The van der Waals surface area contributed by atoms with Crippen LogP contribution in [0.4, 0.5) is 19.0 Å². The molecule has 0 spiro atoms. The summed E-state index contributed by atoms with van der Waals surface area (Å²) < 4.78 is 65.8. The number of fused-ring (bicyclic) bond motifs is 2. The van der Waals surface area contributed by atoms with E-state index in [0.717, 1.165) is 24.9 Å². The first-order valence-corrected chi connectivity index (χ1v) is 13.0. The van der Waals surface area contributed by atoms with Crippen molar-refractivity contribution in [3.8, 4) is 17.5 Å². The van der Waals surface area contributed by atoms with Gasteiger partial charge < -0.3 is 23.8 Å². The normalized spacial score (nSPS) is 20.4. The maximum Gasteiger partial charge on any atom is 0.325 e. The van der Waals surface area contributed by atoms with Crippen LogP contribution in [0.3, 0.4) is 0 Å². The topological polar surface area (TPSA) is 86.2 Å². The molecule has 2 saturated heterocycles. The molecule has 9 nitrogen and oxygen atoms in total. The minimum atomic E-state index is -0.957. The Balaban J connectivity index is 1.59. The van der Waals surface area contributed by atoms with Crippen molar-refractivity contribution in [3.63, 3.8) is 0 Å². The molecule has 5 rings (SSSR count). The van der Waals surface area contributed by atoms with E-state index in [1.54, 1.807) is 31.4 Å². The third-order valence-corrected chi connectivity index (χ3v) is 7.61. The van der Waals surface area contributed by atoms with Crippen LogP contribution in [0.15, 0.2) is 30.3 Å². The minimum Gasteiger partial charge on any atom is -0.497 e. The lowest BCUT2D eigenvalue weighted by Crippen LogP contribution is -2.43. The zero-order chi connectivity index (χ0) is 28.4. The second-order valence-corrected chi connectivity index (χ2v) is 10.1. The Bertz CT molecular complexity index is 1390. The Morgan fingerprint density at radius 2 is 1.90 bits per heavy atom. The summed E-state index contributed by atoms with van der Waals surface area (Å²) in [5, 5.41) is -0.0601. The molecule has 2 aromatic carbocycles. The van der Waals surface area contributed by atoms with Crippen LogP contribution in [-0.2, 0) is 16.1 Å². The van der Waals surface area contributed by atoms with Gasteiger partial charge in [-0.05, 0) is 37.1 Å². The summed E-state index contributed by atoms with van der Waals surface area (Å²) in [7, 11) is 4.04. The first-order valence-electron chi connectivity index (χ1n) is 13.0. The molecule has 0 amide bonds. The molecule has 214 valence electrons. The molecule has 2 aliphatic heterocycles. The highest BCUT2D eigenvalue weighted by Crippen LogP contribution is 2.41. The number of hydrogen-bond donors (Lipinski definition) is 0. The molecule has 3 heterocycles. The van der Waals surface area contributed by atoms with Gasteiger partial charge >= 0.3 is 12.0 Å². The molecular weight excluding hydrogens is 529 g/mol. The standard InChI is InChI=1S/C28H31F3N4O5/c1-37-19-7-5-17(6-8-19)13-34(15-22(36)38-2)26-23-24(20(30)11-21(31)25(23)39-3)32-27(33-26)40-16-28-9-4-10-35(28)14-18(29)12-28/h5-8,11,18H,4,9-10,12-16H2,1-3H3/t18-,28+/m1/s1. The molecule has 0 saturated carbocycles. The van der Waals surface area contributed by atoms with E-state index >= 15 is 4.39 Å². The zero-order valence-electron chi connectivity index (χ0n) is 22.6. The smallest absolute Gasteiger partial charge is 0.325 e. The number of halogens is 3. The Kier molecular flexibility index (Phi) is 7.88. The molecule has 0 aliphatic carbocycles. The third-order valence-electron chi connectivity index (χ3n) is 7.61. The van der Waals surface area contributed by atoms with Crippen molar-refractivity contribution in [1.29, 1.82) is 0 Å². The summed E-state index contributed by atoms with van der Waals surface area (Å²) >= 11 is 0. The van der Waals surface area contributed by atoms with E-state index in [-0.39, 0.29) is 48.2 Å². The lowest BCUT2D eigenvalue weighted by molar-refractivity contribution is -0.139. The SMILES string of the molecule is COC(=O)CN(Cc1ccc(OC)cc1)c1nc(OC[C@@]23CCCN2C[C@H](F)C3)nc2c(F)cc(F)c(OC)c12. The second-order valence-electron chi connectivity index (χ2n) is 10.1. The van der Waals surface area contributed by atoms with Crippen molar-refractivity contribution >= 4 is 22.7 Å². The summed E-state index contributed by atoms with van der Waals surface area (Å²) in [6, 6.07) is 7.60. The number of benzene rings is 2. The molecule has 1 aromatic heterocycles. The van der Waals surface area contributed by atoms with E-state index in [9.17, 15) is 13.6 Å². The number of alkyl halides is 1. The average Bonchev–Trinajstić information content (AvgIpc) is 3.47. The van der Waals surface area contributed by atoms with Crippen LogP contribution in [0.25, 0.3) is 10.9 Å². The van der Waals surface area contributed by atoms with Gasteiger partial charge in [0.25, 0.3) is 0 Å². The number of methoxy groups -OCH3 is 3. The lowest BCUT2D eigenvalue weighted by atomic mass is 9.95. The molecule has 0 bridgehead atoms. The largest absolute Gasteiger partial charge is 0.497 e. The predicted octanol–water partition coefficient (Wildman–Crippen LogP) is 4.06. The zero-order valence-corrected chi connectivity index (χ0v) is 22.6.